The van der Waals surface area contributed by atoms with E-state index in [1.807, 2.05) is 0 Å². The van der Waals surface area contributed by atoms with Gasteiger partial charge >= 0.3 is 6.18 Å². The number of ether oxygens (including phenoxy) is 1. The van der Waals surface area contributed by atoms with Crippen molar-refractivity contribution >= 4 is 5.69 Å². The van der Waals surface area contributed by atoms with Gasteiger partial charge in [-0.05, 0) is 12.1 Å². The minimum absolute atomic E-state index is 0.0537. The zero-order valence-corrected chi connectivity index (χ0v) is 9.28. The van der Waals surface area contributed by atoms with Gasteiger partial charge in [-0.1, -0.05) is 11.2 Å². The number of nitrogens with zero attached hydrogens (tertiary/aromatic N) is 1. The topological polar surface area (TPSA) is 61.3 Å². The summed E-state index contributed by atoms with van der Waals surface area (Å²) in [4.78, 5) is 0. The van der Waals surface area contributed by atoms with Crippen LogP contribution in [0.15, 0.2) is 28.9 Å². The molecule has 2 N–H and O–H groups in total. The number of anilines is 1. The van der Waals surface area contributed by atoms with Gasteiger partial charge in [-0.2, -0.15) is 13.2 Å². The quantitative estimate of drug-likeness (QED) is 0.899. The lowest BCUT2D eigenvalue weighted by Gasteiger charge is -2.14. The molecule has 4 nitrogen and oxygen atoms in total. The van der Waals surface area contributed by atoms with E-state index in [1.165, 1.54) is 18.3 Å². The Hall–Kier alpha value is -2.18. The highest BCUT2D eigenvalue weighted by atomic mass is 19.4. The molecule has 0 unspecified atom stereocenters. The Morgan fingerprint density at radius 1 is 1.33 bits per heavy atom. The summed E-state index contributed by atoms with van der Waals surface area (Å²) in [6, 6.07) is 3.60. The van der Waals surface area contributed by atoms with E-state index in [0.717, 1.165) is 13.2 Å². The fraction of sp³-hybridized carbons (Fsp3) is 0.182. The van der Waals surface area contributed by atoms with E-state index in [-0.39, 0.29) is 22.8 Å². The van der Waals surface area contributed by atoms with Crippen LogP contribution in [0, 0.1) is 0 Å². The minimum Gasteiger partial charge on any atom is -0.495 e. The molecule has 0 saturated carbocycles. The fourth-order valence-corrected chi connectivity index (χ4v) is 1.61. The second-order valence-corrected chi connectivity index (χ2v) is 3.49. The van der Waals surface area contributed by atoms with Crippen LogP contribution in [0.4, 0.5) is 18.9 Å². The maximum absolute atomic E-state index is 12.8. The van der Waals surface area contributed by atoms with E-state index < -0.39 is 11.7 Å². The standard InChI is InChI=1S/C11H9F3N2O2/c1-17-9-6(10-8(15)5-16-18-10)3-2-4-7(9)11(12,13)14/h2-5H,15H2,1H3. The second kappa shape index (κ2) is 4.25. The SMILES string of the molecule is COc1c(-c2oncc2N)cccc1C(F)(F)F. The first-order valence-corrected chi connectivity index (χ1v) is 4.90. The molecule has 0 atom stereocenters. The average Bonchev–Trinajstić information content (AvgIpc) is 2.73. The summed E-state index contributed by atoms with van der Waals surface area (Å²) < 4.78 is 48.1. The van der Waals surface area contributed by atoms with Crippen LogP contribution < -0.4 is 10.5 Å². The van der Waals surface area contributed by atoms with Crippen molar-refractivity contribution in [3.63, 3.8) is 0 Å². The number of nitrogen functional groups attached to an aromatic ring is 1. The van der Waals surface area contributed by atoms with Gasteiger partial charge in [0.05, 0.1) is 24.4 Å². The van der Waals surface area contributed by atoms with Crippen LogP contribution in [0.1, 0.15) is 5.56 Å². The monoisotopic (exact) mass is 258 g/mol. The molecule has 0 radical (unpaired) electrons. The van der Waals surface area contributed by atoms with Gasteiger partial charge in [0, 0.05) is 0 Å². The lowest BCUT2D eigenvalue weighted by Crippen LogP contribution is -2.08. The fourth-order valence-electron chi connectivity index (χ4n) is 1.61. The maximum Gasteiger partial charge on any atom is 0.419 e. The van der Waals surface area contributed by atoms with Crippen molar-refractivity contribution in [2.45, 2.75) is 6.18 Å². The Labute approximate surface area is 100 Å². The largest absolute Gasteiger partial charge is 0.495 e. The molecule has 0 aliphatic carbocycles. The molecule has 0 aliphatic heterocycles. The smallest absolute Gasteiger partial charge is 0.419 e. The van der Waals surface area contributed by atoms with Gasteiger partial charge in [0.2, 0.25) is 0 Å². The first-order chi connectivity index (χ1) is 8.45. The Balaban J connectivity index is 2.67. The molecule has 0 fully saturated rings. The van der Waals surface area contributed by atoms with E-state index >= 15 is 0 Å². The summed E-state index contributed by atoms with van der Waals surface area (Å²) in [5, 5.41) is 3.43. The zero-order valence-electron chi connectivity index (χ0n) is 9.28. The molecule has 96 valence electrons. The molecule has 0 aliphatic rings. The molecule has 1 aromatic carbocycles. The third-order valence-corrected chi connectivity index (χ3v) is 2.37. The lowest BCUT2D eigenvalue weighted by molar-refractivity contribution is -0.138. The second-order valence-electron chi connectivity index (χ2n) is 3.49. The van der Waals surface area contributed by atoms with E-state index in [1.54, 1.807) is 0 Å². The van der Waals surface area contributed by atoms with Crippen LogP contribution in [-0.2, 0) is 6.18 Å². The van der Waals surface area contributed by atoms with E-state index in [4.69, 9.17) is 15.0 Å². The van der Waals surface area contributed by atoms with Crippen molar-refractivity contribution < 1.29 is 22.4 Å². The number of hydrogen-bond acceptors (Lipinski definition) is 4. The molecule has 18 heavy (non-hydrogen) atoms. The maximum atomic E-state index is 12.8. The number of alkyl halides is 3. The van der Waals surface area contributed by atoms with Crippen molar-refractivity contribution in [1.29, 1.82) is 0 Å². The number of aromatic nitrogens is 1. The molecule has 0 amide bonds. The Morgan fingerprint density at radius 3 is 2.56 bits per heavy atom. The highest BCUT2D eigenvalue weighted by Gasteiger charge is 2.36. The molecule has 1 aromatic heterocycles. The minimum atomic E-state index is -4.52. The van der Waals surface area contributed by atoms with Gasteiger partial charge in [0.25, 0.3) is 0 Å². The number of nitrogens with two attached hydrogens (primary N) is 1. The molecule has 7 heteroatoms. The Kier molecular flexibility index (Phi) is 2.90. The highest BCUT2D eigenvalue weighted by Crippen LogP contribution is 2.42. The van der Waals surface area contributed by atoms with E-state index in [2.05, 4.69) is 5.16 Å². The number of halogens is 3. The number of rotatable bonds is 2. The summed E-state index contributed by atoms with van der Waals surface area (Å²) in [5.74, 6) is -0.286. The van der Waals surface area contributed by atoms with E-state index in [0.29, 0.717) is 0 Å². The van der Waals surface area contributed by atoms with Crippen molar-refractivity contribution in [3.8, 4) is 17.1 Å². The highest BCUT2D eigenvalue weighted by molar-refractivity contribution is 5.76. The van der Waals surface area contributed by atoms with Crippen molar-refractivity contribution in [1.82, 2.24) is 5.16 Å². The van der Waals surface area contributed by atoms with Gasteiger partial charge in [-0.25, -0.2) is 0 Å². The third kappa shape index (κ3) is 1.99. The van der Waals surface area contributed by atoms with Crippen LogP contribution in [-0.4, -0.2) is 12.3 Å². The molecular formula is C11H9F3N2O2. The summed E-state index contributed by atoms with van der Waals surface area (Å²) in [7, 11) is 1.15. The zero-order chi connectivity index (χ0) is 13.3. The number of hydrogen-bond donors (Lipinski definition) is 1. The van der Waals surface area contributed by atoms with E-state index in [9.17, 15) is 13.2 Å². The van der Waals surface area contributed by atoms with Crippen molar-refractivity contribution in [3.05, 3.63) is 30.0 Å². The van der Waals surface area contributed by atoms with Crippen molar-refractivity contribution in [2.24, 2.45) is 0 Å². The summed E-state index contributed by atoms with van der Waals surface area (Å²) in [5.41, 5.74) is 4.93. The normalized spacial score (nSPS) is 11.6. The Bertz CT molecular complexity index is 564. The third-order valence-electron chi connectivity index (χ3n) is 2.37. The first-order valence-electron chi connectivity index (χ1n) is 4.90. The Morgan fingerprint density at radius 2 is 2.06 bits per heavy atom. The van der Waals surface area contributed by atoms with Crippen LogP contribution in [0.3, 0.4) is 0 Å². The average molecular weight is 258 g/mol. The van der Waals surface area contributed by atoms with Crippen LogP contribution >= 0.6 is 0 Å². The van der Waals surface area contributed by atoms with Gasteiger partial charge in [-0.15, -0.1) is 0 Å². The molecule has 0 saturated heterocycles. The molecule has 0 spiro atoms. The summed E-state index contributed by atoms with van der Waals surface area (Å²) in [6.07, 6.45) is -3.30. The molecule has 0 bridgehead atoms. The number of benzene rings is 1. The van der Waals surface area contributed by atoms with Crippen molar-refractivity contribution in [2.75, 3.05) is 12.8 Å². The molecule has 2 rings (SSSR count). The van der Waals surface area contributed by atoms with Crippen LogP contribution in [0.2, 0.25) is 0 Å². The van der Waals surface area contributed by atoms with Crippen LogP contribution in [0.25, 0.3) is 11.3 Å². The van der Waals surface area contributed by atoms with Crippen LogP contribution in [0.5, 0.6) is 5.75 Å². The summed E-state index contributed by atoms with van der Waals surface area (Å²) in [6.45, 7) is 0. The predicted octanol–water partition coefficient (Wildman–Crippen LogP) is 2.95. The van der Waals surface area contributed by atoms with Gasteiger partial charge in [-0.3, -0.25) is 0 Å². The predicted molar refractivity (Wildman–Crippen MR) is 57.9 cm³/mol. The molecule has 2 aromatic rings. The van der Waals surface area contributed by atoms with Gasteiger partial charge in [0.15, 0.2) is 5.76 Å². The number of para-hydroxylation sites is 1. The summed E-state index contributed by atoms with van der Waals surface area (Å²) >= 11 is 0. The molecular weight excluding hydrogens is 249 g/mol. The molecule has 1 heterocycles. The van der Waals surface area contributed by atoms with Gasteiger partial charge in [0.1, 0.15) is 11.4 Å². The van der Waals surface area contributed by atoms with Gasteiger partial charge < -0.3 is 15.0 Å². The number of methoxy groups -OCH3 is 1. The first kappa shape index (κ1) is 12.3. The lowest BCUT2D eigenvalue weighted by atomic mass is 10.1.